The Morgan fingerprint density at radius 1 is 0.944 bits per heavy atom. The fraction of sp³-hybridized carbons (Fsp3) is 0.148. The molecule has 0 saturated heterocycles. The monoisotopic (exact) mass is 480 g/mol. The fourth-order valence-corrected chi connectivity index (χ4v) is 4.76. The highest BCUT2D eigenvalue weighted by molar-refractivity contribution is 6.27. The number of carbonyl (C=O) groups is 1. The molecule has 36 heavy (non-hydrogen) atoms. The Morgan fingerprint density at radius 3 is 2.50 bits per heavy atom. The molecule has 178 valence electrons. The van der Waals surface area contributed by atoms with Gasteiger partial charge in [0.1, 0.15) is 5.69 Å². The maximum atomic E-state index is 13.9. The lowest BCUT2D eigenvalue weighted by Crippen LogP contribution is -2.25. The van der Waals surface area contributed by atoms with Gasteiger partial charge in [-0.2, -0.15) is 4.98 Å². The normalized spacial score (nSPS) is 12.0. The zero-order chi connectivity index (χ0) is 24.8. The van der Waals surface area contributed by atoms with Crippen LogP contribution in [0.3, 0.4) is 0 Å². The molecule has 0 aliphatic heterocycles. The van der Waals surface area contributed by atoms with Crippen LogP contribution in [0.5, 0.6) is 11.5 Å². The maximum absolute atomic E-state index is 13.9. The van der Waals surface area contributed by atoms with Crippen LogP contribution < -0.4 is 15.0 Å². The van der Waals surface area contributed by atoms with Crippen molar-refractivity contribution in [2.75, 3.05) is 14.2 Å². The summed E-state index contributed by atoms with van der Waals surface area (Å²) in [6, 6.07) is 16.2. The zero-order valence-corrected chi connectivity index (χ0v) is 19.5. The van der Waals surface area contributed by atoms with Crippen LogP contribution in [0.4, 0.5) is 0 Å². The second kappa shape index (κ2) is 8.46. The van der Waals surface area contributed by atoms with Crippen LogP contribution in [-0.2, 0) is 13.0 Å². The van der Waals surface area contributed by atoms with Crippen molar-refractivity contribution >= 4 is 16.6 Å². The van der Waals surface area contributed by atoms with Crippen molar-refractivity contribution in [3.63, 3.8) is 0 Å². The number of pyridine rings is 2. The van der Waals surface area contributed by atoms with Crippen molar-refractivity contribution in [3.05, 3.63) is 88.2 Å². The maximum Gasteiger partial charge on any atom is 0.262 e. The topological polar surface area (TPSA) is 109 Å². The van der Waals surface area contributed by atoms with E-state index in [0.717, 1.165) is 0 Å². The summed E-state index contributed by atoms with van der Waals surface area (Å²) in [6.07, 6.45) is 1.93. The Balaban J connectivity index is 1.52. The molecule has 6 rings (SSSR count). The quantitative estimate of drug-likeness (QED) is 0.353. The van der Waals surface area contributed by atoms with Crippen molar-refractivity contribution < 1.29 is 18.8 Å². The molecule has 0 saturated carbocycles. The third-order valence-electron chi connectivity index (χ3n) is 6.35. The van der Waals surface area contributed by atoms with Crippen molar-refractivity contribution in [2.45, 2.75) is 13.0 Å². The molecule has 1 aliphatic carbocycles. The molecular weight excluding hydrogens is 460 g/mol. The molecule has 2 aromatic carbocycles. The highest BCUT2D eigenvalue weighted by Crippen LogP contribution is 2.43. The molecule has 9 nitrogen and oxygen atoms in total. The SMILES string of the molecule is COc1ccc2c3c(n(CCc4nc(-c5ccccn5)no4)c(=O)c2c1OC)-c1ccccc1C3=O. The van der Waals surface area contributed by atoms with E-state index in [-0.39, 0.29) is 35.4 Å². The largest absolute Gasteiger partial charge is 0.493 e. The molecule has 0 spiro atoms. The molecule has 0 fully saturated rings. The Hall–Kier alpha value is -4.79. The molecular formula is C27H20N4O5. The smallest absolute Gasteiger partial charge is 0.262 e. The Kier molecular flexibility index (Phi) is 5.10. The van der Waals surface area contributed by atoms with Crippen LogP contribution in [0.15, 0.2) is 70.1 Å². The number of fused-ring (bicyclic) bond motifs is 5. The van der Waals surface area contributed by atoms with Gasteiger partial charge in [0.05, 0.1) is 30.9 Å². The van der Waals surface area contributed by atoms with Crippen LogP contribution in [0, 0.1) is 0 Å². The summed E-state index contributed by atoms with van der Waals surface area (Å²) in [5, 5.41) is 4.83. The zero-order valence-electron chi connectivity index (χ0n) is 19.5. The van der Waals surface area contributed by atoms with E-state index in [4.69, 9.17) is 14.0 Å². The van der Waals surface area contributed by atoms with Gasteiger partial charge in [0.2, 0.25) is 11.7 Å². The number of carbonyl (C=O) groups excluding carboxylic acids is 1. The number of nitrogens with zero attached hydrogens (tertiary/aromatic N) is 4. The summed E-state index contributed by atoms with van der Waals surface area (Å²) < 4.78 is 18.0. The average molecular weight is 480 g/mol. The number of ether oxygens (including phenoxy) is 2. The Labute approximate surface area is 204 Å². The van der Waals surface area contributed by atoms with E-state index >= 15 is 0 Å². The second-order valence-electron chi connectivity index (χ2n) is 8.26. The predicted octanol–water partition coefficient (Wildman–Crippen LogP) is 3.92. The highest BCUT2D eigenvalue weighted by atomic mass is 16.5. The molecule has 0 amide bonds. The molecule has 5 aromatic rings. The van der Waals surface area contributed by atoms with Gasteiger partial charge in [0.25, 0.3) is 5.56 Å². The summed E-state index contributed by atoms with van der Waals surface area (Å²) in [7, 11) is 2.98. The van der Waals surface area contributed by atoms with Gasteiger partial charge in [-0.1, -0.05) is 35.5 Å². The highest BCUT2D eigenvalue weighted by Gasteiger charge is 2.33. The summed E-state index contributed by atoms with van der Waals surface area (Å²) in [4.78, 5) is 36.1. The molecule has 3 aromatic heterocycles. The summed E-state index contributed by atoms with van der Waals surface area (Å²) in [5.41, 5.74) is 2.60. The van der Waals surface area contributed by atoms with Gasteiger partial charge in [-0.15, -0.1) is 0 Å². The van der Waals surface area contributed by atoms with Gasteiger partial charge in [-0.3, -0.25) is 14.6 Å². The van der Waals surface area contributed by atoms with Crippen LogP contribution in [0.25, 0.3) is 33.5 Å². The number of rotatable bonds is 6. The Bertz CT molecular complexity index is 1710. The van der Waals surface area contributed by atoms with E-state index in [0.29, 0.717) is 50.9 Å². The van der Waals surface area contributed by atoms with E-state index < -0.39 is 0 Å². The summed E-state index contributed by atoms with van der Waals surface area (Å²) in [5.74, 6) is 1.28. The number of aromatic nitrogens is 4. The lowest BCUT2D eigenvalue weighted by atomic mass is 10.0. The summed E-state index contributed by atoms with van der Waals surface area (Å²) >= 11 is 0. The average Bonchev–Trinajstić information content (AvgIpc) is 3.51. The predicted molar refractivity (Wildman–Crippen MR) is 131 cm³/mol. The van der Waals surface area contributed by atoms with Crippen LogP contribution in [0.1, 0.15) is 21.8 Å². The number of ketones is 1. The van der Waals surface area contributed by atoms with Gasteiger partial charge in [0.15, 0.2) is 17.3 Å². The van der Waals surface area contributed by atoms with Crippen molar-refractivity contribution in [3.8, 4) is 34.3 Å². The molecule has 0 unspecified atom stereocenters. The van der Waals surface area contributed by atoms with E-state index in [1.807, 2.05) is 24.3 Å². The Morgan fingerprint density at radius 2 is 1.75 bits per heavy atom. The van der Waals surface area contributed by atoms with Gasteiger partial charge in [-0.05, 0) is 24.3 Å². The third-order valence-corrected chi connectivity index (χ3v) is 6.35. The second-order valence-corrected chi connectivity index (χ2v) is 8.26. The van der Waals surface area contributed by atoms with Crippen molar-refractivity contribution in [2.24, 2.45) is 0 Å². The number of hydrogen-bond acceptors (Lipinski definition) is 8. The number of hydrogen-bond donors (Lipinski definition) is 0. The lowest BCUT2D eigenvalue weighted by molar-refractivity contribution is 0.104. The fourth-order valence-electron chi connectivity index (χ4n) is 4.76. The molecule has 1 aliphatic rings. The molecule has 9 heteroatoms. The first-order valence-electron chi connectivity index (χ1n) is 11.3. The number of benzene rings is 2. The van der Waals surface area contributed by atoms with E-state index in [1.54, 1.807) is 41.1 Å². The van der Waals surface area contributed by atoms with E-state index in [1.165, 1.54) is 14.2 Å². The minimum atomic E-state index is -0.298. The first-order chi connectivity index (χ1) is 17.6. The van der Waals surface area contributed by atoms with Crippen LogP contribution in [-0.4, -0.2) is 39.7 Å². The minimum absolute atomic E-state index is 0.137. The van der Waals surface area contributed by atoms with Crippen LogP contribution >= 0.6 is 0 Å². The first kappa shape index (κ1) is 21.7. The van der Waals surface area contributed by atoms with E-state index in [2.05, 4.69) is 15.1 Å². The van der Waals surface area contributed by atoms with Crippen molar-refractivity contribution in [1.82, 2.24) is 19.7 Å². The van der Waals surface area contributed by atoms with Gasteiger partial charge < -0.3 is 18.6 Å². The molecule has 0 atom stereocenters. The standard InChI is InChI=1S/C27H20N4O5/c1-34-19-11-10-17-21-23(15-7-3-4-8-16(15)24(21)32)31(27(33)22(17)25(19)35-2)14-12-20-29-26(30-36-20)18-9-5-6-13-28-18/h3-11,13H,12,14H2,1-2H3. The minimum Gasteiger partial charge on any atom is -0.493 e. The first-order valence-corrected chi connectivity index (χ1v) is 11.3. The van der Waals surface area contributed by atoms with Crippen molar-refractivity contribution in [1.29, 1.82) is 0 Å². The van der Waals surface area contributed by atoms with Gasteiger partial charge >= 0.3 is 0 Å². The number of methoxy groups -OCH3 is 2. The van der Waals surface area contributed by atoms with Gasteiger partial charge in [0, 0.05) is 35.7 Å². The molecule has 0 bridgehead atoms. The summed E-state index contributed by atoms with van der Waals surface area (Å²) in [6.45, 7) is 0.211. The molecule has 3 heterocycles. The number of aryl methyl sites for hydroxylation is 1. The van der Waals surface area contributed by atoms with Gasteiger partial charge in [-0.25, -0.2) is 0 Å². The van der Waals surface area contributed by atoms with E-state index in [9.17, 15) is 9.59 Å². The van der Waals surface area contributed by atoms with Crippen LogP contribution in [0.2, 0.25) is 0 Å². The lowest BCUT2D eigenvalue weighted by Gasteiger charge is -2.17. The molecule has 0 N–H and O–H groups in total. The molecule has 0 radical (unpaired) electrons. The third kappa shape index (κ3) is 3.20.